The van der Waals surface area contributed by atoms with E-state index in [1.54, 1.807) is 24.3 Å². The molecule has 0 saturated heterocycles. The summed E-state index contributed by atoms with van der Waals surface area (Å²) < 4.78 is 18.1. The van der Waals surface area contributed by atoms with Crippen molar-refractivity contribution in [1.29, 1.82) is 0 Å². The number of amides is 2. The van der Waals surface area contributed by atoms with Crippen molar-refractivity contribution in [1.82, 2.24) is 5.32 Å². The van der Waals surface area contributed by atoms with Crippen molar-refractivity contribution in [3.05, 3.63) is 101 Å². The van der Waals surface area contributed by atoms with E-state index in [9.17, 15) is 18.8 Å². The minimum absolute atomic E-state index is 0.00229. The van der Waals surface area contributed by atoms with Gasteiger partial charge in [-0.2, -0.15) is 0 Å². The topological polar surface area (TPSA) is 84.5 Å². The number of ether oxygens (including phenoxy) is 1. The van der Waals surface area contributed by atoms with Crippen LogP contribution in [0.5, 0.6) is 0 Å². The molecule has 6 nitrogen and oxygen atoms in total. The molecule has 0 aromatic heterocycles. The fourth-order valence-corrected chi connectivity index (χ4v) is 2.91. The third-order valence-electron chi connectivity index (χ3n) is 4.49. The summed E-state index contributed by atoms with van der Waals surface area (Å²) in [4.78, 5) is 36.9. The summed E-state index contributed by atoms with van der Waals surface area (Å²) in [7, 11) is 0. The highest BCUT2D eigenvalue weighted by atomic mass is 19.1. The smallest absolute Gasteiger partial charge is 0.338 e. The minimum atomic E-state index is -0.822. The van der Waals surface area contributed by atoms with Crippen LogP contribution in [-0.4, -0.2) is 24.4 Å². The summed E-state index contributed by atoms with van der Waals surface area (Å²) in [6.07, 6.45) is 0. The molecule has 7 heteroatoms. The first kappa shape index (κ1) is 21.7. The van der Waals surface area contributed by atoms with E-state index < -0.39 is 24.3 Å². The van der Waals surface area contributed by atoms with E-state index in [4.69, 9.17) is 4.74 Å². The van der Waals surface area contributed by atoms with Crippen molar-refractivity contribution >= 4 is 23.5 Å². The fourth-order valence-electron chi connectivity index (χ4n) is 2.91. The Morgan fingerprint density at radius 2 is 1.65 bits per heavy atom. The maximum absolute atomic E-state index is 13.2. The lowest BCUT2D eigenvalue weighted by Crippen LogP contribution is -2.28. The summed E-state index contributed by atoms with van der Waals surface area (Å²) >= 11 is 0. The number of carbonyl (C=O) groups is 3. The highest BCUT2D eigenvalue weighted by molar-refractivity contribution is 6.04. The molecule has 0 heterocycles. The molecular formula is C24H21FN2O4. The van der Waals surface area contributed by atoms with E-state index in [1.165, 1.54) is 18.2 Å². The molecule has 31 heavy (non-hydrogen) atoms. The lowest BCUT2D eigenvalue weighted by atomic mass is 10.1. The number of hydrogen-bond donors (Lipinski definition) is 2. The zero-order valence-corrected chi connectivity index (χ0v) is 16.8. The van der Waals surface area contributed by atoms with Gasteiger partial charge in [0.15, 0.2) is 6.61 Å². The molecule has 3 aromatic carbocycles. The SMILES string of the molecule is C[C@@H](NC(=O)c1ccccc1NC(=O)COC(=O)c1cccc(F)c1)c1ccccc1. The second-order valence-corrected chi connectivity index (χ2v) is 6.79. The van der Waals surface area contributed by atoms with Crippen molar-refractivity contribution in [2.75, 3.05) is 11.9 Å². The zero-order valence-electron chi connectivity index (χ0n) is 16.8. The second-order valence-electron chi connectivity index (χ2n) is 6.79. The molecule has 0 fully saturated rings. The van der Waals surface area contributed by atoms with E-state index >= 15 is 0 Å². The predicted molar refractivity (Wildman–Crippen MR) is 114 cm³/mol. The summed E-state index contributed by atoms with van der Waals surface area (Å²) in [6, 6.07) is 20.7. The van der Waals surface area contributed by atoms with Crippen molar-refractivity contribution in [3.8, 4) is 0 Å². The Hall–Kier alpha value is -4.00. The second kappa shape index (κ2) is 10.2. The van der Waals surface area contributed by atoms with Gasteiger partial charge >= 0.3 is 5.97 Å². The van der Waals surface area contributed by atoms with Crippen LogP contribution >= 0.6 is 0 Å². The number of benzene rings is 3. The highest BCUT2D eigenvalue weighted by Crippen LogP contribution is 2.18. The van der Waals surface area contributed by atoms with Gasteiger partial charge < -0.3 is 15.4 Å². The Morgan fingerprint density at radius 3 is 2.39 bits per heavy atom. The number of hydrogen-bond acceptors (Lipinski definition) is 4. The van der Waals surface area contributed by atoms with Crippen LogP contribution in [-0.2, 0) is 9.53 Å². The normalized spacial score (nSPS) is 11.3. The summed E-state index contributed by atoms with van der Waals surface area (Å²) in [5.41, 5.74) is 1.51. The van der Waals surface area contributed by atoms with Gasteiger partial charge in [0.2, 0.25) is 0 Å². The van der Waals surface area contributed by atoms with Crippen LogP contribution in [0.15, 0.2) is 78.9 Å². The maximum atomic E-state index is 13.2. The molecule has 3 aromatic rings. The van der Waals surface area contributed by atoms with Crippen LogP contribution in [0.25, 0.3) is 0 Å². The van der Waals surface area contributed by atoms with Gasteiger partial charge in [-0.15, -0.1) is 0 Å². The van der Waals surface area contributed by atoms with E-state index in [-0.39, 0.29) is 28.8 Å². The monoisotopic (exact) mass is 420 g/mol. The molecule has 0 unspecified atom stereocenters. The Labute approximate surface area is 179 Å². The fraction of sp³-hybridized carbons (Fsp3) is 0.125. The molecule has 0 radical (unpaired) electrons. The molecule has 2 amide bonds. The van der Waals surface area contributed by atoms with Crippen LogP contribution in [0.4, 0.5) is 10.1 Å². The van der Waals surface area contributed by atoms with Crippen LogP contribution in [0.1, 0.15) is 39.2 Å². The molecule has 0 aliphatic rings. The average Bonchev–Trinajstić information content (AvgIpc) is 2.78. The molecule has 0 aliphatic carbocycles. The first-order valence-electron chi connectivity index (χ1n) is 9.61. The van der Waals surface area contributed by atoms with Crippen LogP contribution in [0.3, 0.4) is 0 Å². The Bertz CT molecular complexity index is 1090. The summed E-state index contributed by atoms with van der Waals surface area (Å²) in [6.45, 7) is 1.28. The largest absolute Gasteiger partial charge is 0.452 e. The van der Waals surface area contributed by atoms with E-state index in [0.29, 0.717) is 0 Å². The van der Waals surface area contributed by atoms with Crippen molar-refractivity contribution in [3.63, 3.8) is 0 Å². The Kier molecular flexibility index (Phi) is 7.11. The number of rotatable bonds is 7. The van der Waals surface area contributed by atoms with Gasteiger partial charge in [-0.3, -0.25) is 9.59 Å². The van der Waals surface area contributed by atoms with E-state index in [1.807, 2.05) is 37.3 Å². The molecule has 2 N–H and O–H groups in total. The molecule has 0 spiro atoms. The number of carbonyl (C=O) groups excluding carboxylic acids is 3. The molecule has 0 bridgehead atoms. The maximum Gasteiger partial charge on any atom is 0.338 e. The number of halogens is 1. The predicted octanol–water partition coefficient (Wildman–Crippen LogP) is 4.11. The lowest BCUT2D eigenvalue weighted by Gasteiger charge is -2.16. The number of para-hydroxylation sites is 1. The Morgan fingerprint density at radius 1 is 0.935 bits per heavy atom. The minimum Gasteiger partial charge on any atom is -0.452 e. The first-order chi connectivity index (χ1) is 14.9. The number of anilines is 1. The van der Waals surface area contributed by atoms with Crippen molar-refractivity contribution in [2.45, 2.75) is 13.0 Å². The number of esters is 1. The lowest BCUT2D eigenvalue weighted by molar-refractivity contribution is -0.119. The quantitative estimate of drug-likeness (QED) is 0.564. The molecule has 158 valence electrons. The molecule has 0 saturated carbocycles. The van der Waals surface area contributed by atoms with Gasteiger partial charge in [0, 0.05) is 0 Å². The highest BCUT2D eigenvalue weighted by Gasteiger charge is 2.17. The standard InChI is InChI=1S/C24H21FN2O4/c1-16(17-8-3-2-4-9-17)26-23(29)20-12-5-6-13-21(20)27-22(28)15-31-24(30)18-10-7-11-19(25)14-18/h2-14,16H,15H2,1H3,(H,26,29)(H,27,28)/t16-/m1/s1. The van der Waals surface area contributed by atoms with Crippen molar-refractivity contribution < 1.29 is 23.5 Å². The summed E-state index contributed by atoms with van der Waals surface area (Å²) in [5.74, 6) is -2.38. The van der Waals surface area contributed by atoms with Gasteiger partial charge in [0.05, 0.1) is 22.9 Å². The molecule has 3 rings (SSSR count). The molecule has 0 aliphatic heterocycles. The third kappa shape index (κ3) is 5.99. The molecular weight excluding hydrogens is 399 g/mol. The third-order valence-corrected chi connectivity index (χ3v) is 4.49. The molecule has 1 atom stereocenters. The van der Waals surface area contributed by atoms with Crippen LogP contribution in [0.2, 0.25) is 0 Å². The van der Waals surface area contributed by atoms with Gasteiger partial charge in [0.25, 0.3) is 11.8 Å². The van der Waals surface area contributed by atoms with Gasteiger partial charge in [-0.05, 0) is 42.8 Å². The number of nitrogens with one attached hydrogen (secondary N) is 2. The van der Waals surface area contributed by atoms with E-state index in [0.717, 1.165) is 11.6 Å². The van der Waals surface area contributed by atoms with E-state index in [2.05, 4.69) is 10.6 Å². The Balaban J connectivity index is 1.61. The van der Waals surface area contributed by atoms with Crippen LogP contribution < -0.4 is 10.6 Å². The van der Waals surface area contributed by atoms with Gasteiger partial charge in [-0.1, -0.05) is 48.5 Å². The zero-order chi connectivity index (χ0) is 22.2. The van der Waals surface area contributed by atoms with Crippen LogP contribution in [0, 0.1) is 5.82 Å². The van der Waals surface area contributed by atoms with Gasteiger partial charge in [0.1, 0.15) is 5.82 Å². The van der Waals surface area contributed by atoms with Crippen molar-refractivity contribution in [2.24, 2.45) is 0 Å². The first-order valence-corrected chi connectivity index (χ1v) is 9.61. The summed E-state index contributed by atoms with van der Waals surface area (Å²) in [5, 5.41) is 5.46. The van der Waals surface area contributed by atoms with Gasteiger partial charge in [-0.25, -0.2) is 9.18 Å². The average molecular weight is 420 g/mol.